The number of carbonyl (C=O) groups excluding carboxylic acids is 1. The molecule has 5 nitrogen and oxygen atoms in total. The molecular formula is C20H20N4O. The smallest absolute Gasteiger partial charge is 0.270 e. The topological polar surface area (TPSA) is 59.8 Å². The van der Waals surface area contributed by atoms with Gasteiger partial charge in [0.2, 0.25) is 0 Å². The van der Waals surface area contributed by atoms with Gasteiger partial charge in [0.1, 0.15) is 5.69 Å². The highest BCUT2D eigenvalue weighted by Crippen LogP contribution is 2.31. The van der Waals surface area contributed by atoms with E-state index < -0.39 is 0 Å². The van der Waals surface area contributed by atoms with E-state index in [1.165, 1.54) is 11.3 Å². The van der Waals surface area contributed by atoms with Gasteiger partial charge in [-0.2, -0.15) is 5.10 Å². The van der Waals surface area contributed by atoms with Crippen molar-refractivity contribution in [3.05, 3.63) is 77.4 Å². The van der Waals surface area contributed by atoms with Crippen LogP contribution in [0.4, 0.5) is 0 Å². The Kier molecular flexibility index (Phi) is 4.06. The second kappa shape index (κ2) is 6.51. The molecule has 1 aliphatic carbocycles. The molecule has 0 aliphatic heterocycles. The summed E-state index contributed by atoms with van der Waals surface area (Å²) in [5.41, 5.74) is 5.03. The van der Waals surface area contributed by atoms with Gasteiger partial charge >= 0.3 is 0 Å². The van der Waals surface area contributed by atoms with Crippen LogP contribution in [-0.4, -0.2) is 20.7 Å². The molecular weight excluding hydrogens is 312 g/mol. The van der Waals surface area contributed by atoms with Crippen molar-refractivity contribution in [2.45, 2.75) is 32.2 Å². The third-order valence-corrected chi connectivity index (χ3v) is 4.73. The summed E-state index contributed by atoms with van der Waals surface area (Å²) >= 11 is 0. The zero-order chi connectivity index (χ0) is 17.2. The van der Waals surface area contributed by atoms with Crippen LogP contribution in [0.25, 0.3) is 5.69 Å². The summed E-state index contributed by atoms with van der Waals surface area (Å²) in [6, 6.07) is 13.6. The number of amides is 1. The highest BCUT2D eigenvalue weighted by molar-refractivity contribution is 5.92. The highest BCUT2D eigenvalue weighted by Gasteiger charge is 2.26. The van der Waals surface area contributed by atoms with E-state index in [2.05, 4.69) is 34.5 Å². The van der Waals surface area contributed by atoms with Crippen molar-refractivity contribution < 1.29 is 4.79 Å². The van der Waals surface area contributed by atoms with Gasteiger partial charge in [-0.1, -0.05) is 24.3 Å². The first-order valence-electron chi connectivity index (χ1n) is 8.59. The molecule has 2 heterocycles. The fraction of sp³-hybridized carbons (Fsp3) is 0.250. The lowest BCUT2D eigenvalue weighted by Crippen LogP contribution is -2.31. The van der Waals surface area contributed by atoms with E-state index in [9.17, 15) is 4.79 Å². The van der Waals surface area contributed by atoms with Crippen molar-refractivity contribution >= 4 is 5.91 Å². The van der Waals surface area contributed by atoms with E-state index in [-0.39, 0.29) is 11.9 Å². The van der Waals surface area contributed by atoms with Gasteiger partial charge in [-0.3, -0.25) is 9.78 Å². The summed E-state index contributed by atoms with van der Waals surface area (Å²) < 4.78 is 2.02. The van der Waals surface area contributed by atoms with Gasteiger partial charge in [0.15, 0.2) is 0 Å². The third kappa shape index (κ3) is 2.93. The van der Waals surface area contributed by atoms with Crippen molar-refractivity contribution in [3.8, 4) is 5.69 Å². The Hall–Kier alpha value is -2.95. The molecule has 0 bridgehead atoms. The molecule has 4 rings (SSSR count). The van der Waals surface area contributed by atoms with Crippen LogP contribution in [0.15, 0.2) is 54.9 Å². The Balaban J connectivity index is 1.63. The zero-order valence-electron chi connectivity index (χ0n) is 14.1. The third-order valence-electron chi connectivity index (χ3n) is 4.73. The van der Waals surface area contributed by atoms with Gasteiger partial charge in [-0.15, -0.1) is 0 Å². The van der Waals surface area contributed by atoms with E-state index in [0.29, 0.717) is 5.69 Å². The molecule has 0 saturated heterocycles. The Morgan fingerprint density at radius 2 is 2.04 bits per heavy atom. The Morgan fingerprint density at radius 1 is 1.20 bits per heavy atom. The molecule has 0 fully saturated rings. The average Bonchev–Trinajstić information content (AvgIpc) is 3.08. The SMILES string of the molecule is Cc1ccccc1-n1ncc2c1CCC[C@H]2NC(=O)c1ccccn1. The van der Waals surface area contributed by atoms with Crippen LogP contribution in [0, 0.1) is 6.92 Å². The highest BCUT2D eigenvalue weighted by atomic mass is 16.1. The molecule has 3 aromatic rings. The number of aryl methyl sites for hydroxylation is 1. The maximum atomic E-state index is 12.5. The summed E-state index contributed by atoms with van der Waals surface area (Å²) in [5.74, 6) is -0.137. The van der Waals surface area contributed by atoms with Crippen molar-refractivity contribution in [1.82, 2.24) is 20.1 Å². The minimum atomic E-state index is -0.137. The van der Waals surface area contributed by atoms with Gasteiger partial charge in [0, 0.05) is 17.5 Å². The first-order chi connectivity index (χ1) is 12.2. The monoisotopic (exact) mass is 332 g/mol. The number of para-hydroxylation sites is 1. The van der Waals surface area contributed by atoms with E-state index in [1.807, 2.05) is 35.1 Å². The molecule has 0 saturated carbocycles. The van der Waals surface area contributed by atoms with E-state index in [0.717, 1.165) is 30.5 Å². The molecule has 0 radical (unpaired) electrons. The quantitative estimate of drug-likeness (QED) is 0.800. The summed E-state index contributed by atoms with van der Waals surface area (Å²) in [6.45, 7) is 2.09. The lowest BCUT2D eigenvalue weighted by Gasteiger charge is -2.24. The molecule has 2 aromatic heterocycles. The molecule has 126 valence electrons. The number of aromatic nitrogens is 3. The van der Waals surface area contributed by atoms with Crippen molar-refractivity contribution in [1.29, 1.82) is 0 Å². The summed E-state index contributed by atoms with van der Waals surface area (Å²) in [6.07, 6.45) is 6.45. The standard InChI is InChI=1S/C20H20N4O/c1-14-7-2-3-10-18(14)24-19-11-6-9-16(15(19)13-22-24)23-20(25)17-8-4-5-12-21-17/h2-5,7-8,10,12-13,16H,6,9,11H2,1H3,(H,23,25)/t16-/m1/s1. The lowest BCUT2D eigenvalue weighted by molar-refractivity contribution is 0.0927. The normalized spacial score (nSPS) is 16.3. The molecule has 1 amide bonds. The molecule has 1 aliphatic rings. The Bertz CT molecular complexity index is 901. The number of rotatable bonds is 3. The Morgan fingerprint density at radius 3 is 2.84 bits per heavy atom. The van der Waals surface area contributed by atoms with Crippen molar-refractivity contribution in [2.24, 2.45) is 0 Å². The van der Waals surface area contributed by atoms with Crippen LogP contribution in [0.3, 0.4) is 0 Å². The zero-order valence-corrected chi connectivity index (χ0v) is 14.1. The van der Waals surface area contributed by atoms with Crippen LogP contribution >= 0.6 is 0 Å². The number of nitrogens with one attached hydrogen (secondary N) is 1. The maximum Gasteiger partial charge on any atom is 0.270 e. The molecule has 0 spiro atoms. The molecule has 1 atom stereocenters. The number of hydrogen-bond donors (Lipinski definition) is 1. The van der Waals surface area contributed by atoms with Gasteiger partial charge in [-0.05, 0) is 49.9 Å². The average molecular weight is 332 g/mol. The number of carbonyl (C=O) groups is 1. The molecule has 5 heteroatoms. The number of fused-ring (bicyclic) bond motifs is 1. The van der Waals surface area contributed by atoms with Crippen LogP contribution in [0.2, 0.25) is 0 Å². The molecule has 25 heavy (non-hydrogen) atoms. The first-order valence-corrected chi connectivity index (χ1v) is 8.59. The van der Waals surface area contributed by atoms with Crippen LogP contribution in [-0.2, 0) is 6.42 Å². The largest absolute Gasteiger partial charge is 0.344 e. The summed E-state index contributed by atoms with van der Waals surface area (Å²) in [7, 11) is 0. The predicted octanol–water partition coefficient (Wildman–Crippen LogP) is 3.38. The van der Waals surface area contributed by atoms with Crippen LogP contribution in [0.1, 0.15) is 46.2 Å². The number of benzene rings is 1. The fourth-order valence-electron chi connectivity index (χ4n) is 3.44. The summed E-state index contributed by atoms with van der Waals surface area (Å²) in [4.78, 5) is 16.6. The lowest BCUT2D eigenvalue weighted by atomic mass is 9.92. The number of nitrogens with zero attached hydrogens (tertiary/aromatic N) is 3. The van der Waals surface area contributed by atoms with Crippen molar-refractivity contribution in [3.63, 3.8) is 0 Å². The van der Waals surface area contributed by atoms with Gasteiger partial charge < -0.3 is 5.32 Å². The predicted molar refractivity (Wildman–Crippen MR) is 95.7 cm³/mol. The number of hydrogen-bond acceptors (Lipinski definition) is 3. The van der Waals surface area contributed by atoms with E-state index >= 15 is 0 Å². The minimum absolute atomic E-state index is 0.0176. The van der Waals surface area contributed by atoms with E-state index in [4.69, 9.17) is 0 Å². The second-order valence-corrected chi connectivity index (χ2v) is 6.38. The number of pyridine rings is 1. The van der Waals surface area contributed by atoms with Crippen LogP contribution < -0.4 is 5.32 Å². The first kappa shape index (κ1) is 15.6. The van der Waals surface area contributed by atoms with Crippen LogP contribution in [0.5, 0.6) is 0 Å². The van der Waals surface area contributed by atoms with E-state index in [1.54, 1.807) is 12.3 Å². The minimum Gasteiger partial charge on any atom is -0.344 e. The summed E-state index contributed by atoms with van der Waals surface area (Å²) in [5, 5.41) is 7.72. The molecule has 1 N–H and O–H groups in total. The molecule has 1 aromatic carbocycles. The second-order valence-electron chi connectivity index (χ2n) is 6.38. The van der Waals surface area contributed by atoms with Gasteiger partial charge in [-0.25, -0.2) is 4.68 Å². The maximum absolute atomic E-state index is 12.5. The molecule has 0 unspecified atom stereocenters. The van der Waals surface area contributed by atoms with Crippen molar-refractivity contribution in [2.75, 3.05) is 0 Å². The fourth-order valence-corrected chi connectivity index (χ4v) is 3.44. The Labute approximate surface area is 146 Å². The van der Waals surface area contributed by atoms with Gasteiger partial charge in [0.05, 0.1) is 17.9 Å². The van der Waals surface area contributed by atoms with Gasteiger partial charge in [0.25, 0.3) is 5.91 Å².